The van der Waals surface area contributed by atoms with Crippen LogP contribution in [-0.4, -0.2) is 28.0 Å². The van der Waals surface area contributed by atoms with E-state index in [0.717, 1.165) is 22.4 Å². The van der Waals surface area contributed by atoms with Crippen molar-refractivity contribution in [2.45, 2.75) is 6.92 Å². The molecule has 0 aliphatic carbocycles. The Morgan fingerprint density at radius 1 is 1.19 bits per heavy atom. The van der Waals surface area contributed by atoms with Crippen molar-refractivity contribution in [1.29, 1.82) is 0 Å². The molecule has 0 unspecified atom stereocenters. The number of ether oxygens (including phenoxy) is 1. The third-order valence-electron chi connectivity index (χ3n) is 4.03. The number of aromatic nitrogens is 3. The SMILES string of the molecule is COc1cccc(F)c1-c1nc(C)c(C(=O)Nc2nc3ccccc3[nH]2)s1. The van der Waals surface area contributed by atoms with Crippen molar-refractivity contribution >= 4 is 34.2 Å². The number of benzene rings is 2. The number of nitrogens with zero attached hydrogens (tertiary/aromatic N) is 2. The summed E-state index contributed by atoms with van der Waals surface area (Å²) in [5, 5.41) is 3.12. The fraction of sp³-hybridized carbons (Fsp3) is 0.105. The number of imidazole rings is 1. The van der Waals surface area contributed by atoms with Crippen molar-refractivity contribution in [3.05, 3.63) is 58.9 Å². The van der Waals surface area contributed by atoms with E-state index in [1.165, 1.54) is 13.2 Å². The lowest BCUT2D eigenvalue weighted by atomic mass is 10.2. The number of aryl methyl sites for hydroxylation is 1. The first-order chi connectivity index (χ1) is 13.1. The van der Waals surface area contributed by atoms with Crippen LogP contribution in [0, 0.1) is 12.7 Å². The van der Waals surface area contributed by atoms with Crippen molar-refractivity contribution in [2.24, 2.45) is 0 Å². The highest BCUT2D eigenvalue weighted by atomic mass is 32.1. The van der Waals surface area contributed by atoms with Gasteiger partial charge in [-0.2, -0.15) is 0 Å². The Kier molecular flexibility index (Phi) is 4.33. The van der Waals surface area contributed by atoms with Gasteiger partial charge >= 0.3 is 0 Å². The average molecular weight is 382 g/mol. The molecule has 0 atom stereocenters. The minimum Gasteiger partial charge on any atom is -0.496 e. The summed E-state index contributed by atoms with van der Waals surface area (Å²) in [6.07, 6.45) is 0. The van der Waals surface area contributed by atoms with Crippen LogP contribution in [0.3, 0.4) is 0 Å². The number of para-hydroxylation sites is 2. The number of aromatic amines is 1. The molecule has 0 aliphatic rings. The Morgan fingerprint density at radius 2 is 2.00 bits per heavy atom. The number of anilines is 1. The van der Waals surface area contributed by atoms with Crippen molar-refractivity contribution in [3.8, 4) is 16.3 Å². The zero-order valence-electron chi connectivity index (χ0n) is 14.5. The third-order valence-corrected chi connectivity index (χ3v) is 5.21. The summed E-state index contributed by atoms with van der Waals surface area (Å²) in [4.78, 5) is 24.8. The number of carbonyl (C=O) groups is 1. The summed E-state index contributed by atoms with van der Waals surface area (Å²) >= 11 is 1.11. The van der Waals surface area contributed by atoms with Gasteiger partial charge in [-0.1, -0.05) is 18.2 Å². The van der Waals surface area contributed by atoms with Gasteiger partial charge in [0.25, 0.3) is 5.91 Å². The number of hydrogen-bond donors (Lipinski definition) is 2. The number of fused-ring (bicyclic) bond motifs is 1. The number of methoxy groups -OCH3 is 1. The van der Waals surface area contributed by atoms with Crippen LogP contribution < -0.4 is 10.1 Å². The highest BCUT2D eigenvalue weighted by Crippen LogP contribution is 2.36. The van der Waals surface area contributed by atoms with Crippen LogP contribution in [0.1, 0.15) is 15.4 Å². The molecule has 2 N–H and O–H groups in total. The van der Waals surface area contributed by atoms with Crippen molar-refractivity contribution in [1.82, 2.24) is 15.0 Å². The lowest BCUT2D eigenvalue weighted by Crippen LogP contribution is -2.12. The number of thiazole rings is 1. The Bertz CT molecular complexity index is 1120. The Balaban J connectivity index is 1.66. The predicted octanol–water partition coefficient (Wildman–Crippen LogP) is 4.39. The summed E-state index contributed by atoms with van der Waals surface area (Å²) in [7, 11) is 1.47. The van der Waals surface area contributed by atoms with Crippen LogP contribution in [0.2, 0.25) is 0 Å². The van der Waals surface area contributed by atoms with E-state index in [9.17, 15) is 9.18 Å². The molecule has 1 amide bonds. The second-order valence-electron chi connectivity index (χ2n) is 5.81. The van der Waals surface area contributed by atoms with Gasteiger partial charge in [-0.25, -0.2) is 14.4 Å². The highest BCUT2D eigenvalue weighted by Gasteiger charge is 2.21. The molecule has 2 aromatic heterocycles. The molecule has 27 heavy (non-hydrogen) atoms. The molecular formula is C19H15FN4O2S. The molecule has 0 radical (unpaired) electrons. The average Bonchev–Trinajstić information content (AvgIpc) is 3.23. The van der Waals surface area contributed by atoms with Gasteiger partial charge < -0.3 is 9.72 Å². The first kappa shape index (κ1) is 17.2. The van der Waals surface area contributed by atoms with E-state index in [-0.39, 0.29) is 11.5 Å². The molecule has 4 aromatic rings. The summed E-state index contributed by atoms with van der Waals surface area (Å²) in [6, 6.07) is 12.0. The lowest BCUT2D eigenvalue weighted by molar-refractivity contribution is 0.102. The Hall–Kier alpha value is -3.26. The number of halogens is 1. The minimum absolute atomic E-state index is 0.246. The molecule has 6 nitrogen and oxygen atoms in total. The fourth-order valence-electron chi connectivity index (χ4n) is 2.77. The number of nitrogens with one attached hydrogen (secondary N) is 2. The second kappa shape index (κ2) is 6.81. The molecule has 0 saturated carbocycles. The smallest absolute Gasteiger partial charge is 0.269 e. The maximum Gasteiger partial charge on any atom is 0.269 e. The van der Waals surface area contributed by atoms with Crippen LogP contribution >= 0.6 is 11.3 Å². The molecular weight excluding hydrogens is 367 g/mol. The zero-order chi connectivity index (χ0) is 19.0. The van der Waals surface area contributed by atoms with Gasteiger partial charge in [0, 0.05) is 0 Å². The number of rotatable bonds is 4. The first-order valence-corrected chi connectivity index (χ1v) is 8.95. The molecule has 2 aromatic carbocycles. The summed E-state index contributed by atoms with van der Waals surface area (Å²) in [6.45, 7) is 1.71. The van der Waals surface area contributed by atoms with Gasteiger partial charge in [0.2, 0.25) is 5.95 Å². The standard InChI is InChI=1S/C19H15FN4O2S/c1-10-16(17(25)24-19-22-12-7-3-4-8-13(12)23-19)27-18(21-10)15-11(20)6-5-9-14(15)26-2/h3-9H,1-2H3,(H2,22,23,24,25). The van der Waals surface area contributed by atoms with Crippen molar-refractivity contribution in [2.75, 3.05) is 12.4 Å². The van der Waals surface area contributed by atoms with E-state index in [2.05, 4.69) is 20.3 Å². The van der Waals surface area contributed by atoms with E-state index in [1.807, 2.05) is 24.3 Å². The number of hydrogen-bond acceptors (Lipinski definition) is 5. The fourth-order valence-corrected chi connectivity index (χ4v) is 3.79. The molecule has 0 spiro atoms. The minimum atomic E-state index is -0.452. The van der Waals surface area contributed by atoms with Crippen LogP contribution in [-0.2, 0) is 0 Å². The molecule has 0 aliphatic heterocycles. The van der Waals surface area contributed by atoms with E-state index in [1.54, 1.807) is 19.1 Å². The summed E-state index contributed by atoms with van der Waals surface area (Å²) in [5.41, 5.74) is 2.33. The molecule has 0 saturated heterocycles. The zero-order valence-corrected chi connectivity index (χ0v) is 15.4. The predicted molar refractivity (Wildman–Crippen MR) is 103 cm³/mol. The Labute approximate surface area is 158 Å². The molecule has 2 heterocycles. The van der Waals surface area contributed by atoms with Gasteiger partial charge in [0.05, 0.1) is 29.4 Å². The van der Waals surface area contributed by atoms with E-state index in [0.29, 0.717) is 27.3 Å². The van der Waals surface area contributed by atoms with Gasteiger partial charge in [-0.05, 0) is 31.2 Å². The second-order valence-corrected chi connectivity index (χ2v) is 6.81. The molecule has 136 valence electrons. The molecule has 4 rings (SSSR count). The van der Waals surface area contributed by atoms with Crippen LogP contribution in [0.4, 0.5) is 10.3 Å². The number of H-pyrrole nitrogens is 1. The van der Waals surface area contributed by atoms with Gasteiger partial charge in [-0.3, -0.25) is 10.1 Å². The van der Waals surface area contributed by atoms with Crippen molar-refractivity contribution in [3.63, 3.8) is 0 Å². The quantitative estimate of drug-likeness (QED) is 0.548. The third kappa shape index (κ3) is 3.15. The lowest BCUT2D eigenvalue weighted by Gasteiger charge is -2.06. The first-order valence-electron chi connectivity index (χ1n) is 8.13. The van der Waals surface area contributed by atoms with Gasteiger partial charge in [0.1, 0.15) is 21.5 Å². The Morgan fingerprint density at radius 3 is 2.78 bits per heavy atom. The maximum atomic E-state index is 14.3. The highest BCUT2D eigenvalue weighted by molar-refractivity contribution is 7.17. The maximum absolute atomic E-state index is 14.3. The number of carbonyl (C=O) groups excluding carboxylic acids is 1. The van der Waals surface area contributed by atoms with Gasteiger partial charge in [-0.15, -0.1) is 11.3 Å². The summed E-state index contributed by atoms with van der Waals surface area (Å²) < 4.78 is 19.5. The molecule has 0 bridgehead atoms. The van der Waals surface area contributed by atoms with E-state index >= 15 is 0 Å². The largest absolute Gasteiger partial charge is 0.496 e. The van der Waals surface area contributed by atoms with Crippen LogP contribution in [0.25, 0.3) is 21.6 Å². The monoisotopic (exact) mass is 382 g/mol. The van der Waals surface area contributed by atoms with Crippen molar-refractivity contribution < 1.29 is 13.9 Å². The molecule has 8 heteroatoms. The number of amides is 1. The van der Waals surface area contributed by atoms with Gasteiger partial charge in [0.15, 0.2) is 0 Å². The normalized spacial score (nSPS) is 10.9. The van der Waals surface area contributed by atoms with Crippen LogP contribution in [0.15, 0.2) is 42.5 Å². The van der Waals surface area contributed by atoms with E-state index < -0.39 is 5.82 Å². The van der Waals surface area contributed by atoms with Crippen LogP contribution in [0.5, 0.6) is 5.75 Å². The molecule has 0 fully saturated rings. The summed E-state index contributed by atoms with van der Waals surface area (Å²) in [5.74, 6) is -0.0926. The van der Waals surface area contributed by atoms with E-state index in [4.69, 9.17) is 4.74 Å². The topological polar surface area (TPSA) is 79.9 Å².